The van der Waals surface area contributed by atoms with Gasteiger partial charge in [-0.2, -0.15) is 0 Å². The summed E-state index contributed by atoms with van der Waals surface area (Å²) in [5, 5.41) is 2.99. The first-order chi connectivity index (χ1) is 9.56. The number of benzene rings is 1. The molecule has 1 fully saturated rings. The molecule has 0 bridgehead atoms. The molecule has 2 rings (SSSR count). The Kier molecular flexibility index (Phi) is 5.15. The standard InChI is InChI=1S/C16H23NO3/c1-11-4-5-12(2)14(8-11)17-16(18)9-13(3)15-10-19-6-7-20-15/h4-5,8,13,15H,6-7,9-10H2,1-3H3,(H,17,18)/t13-,15-/m1/s1. The van der Waals surface area contributed by atoms with Crippen LogP contribution >= 0.6 is 0 Å². The van der Waals surface area contributed by atoms with Crippen LogP contribution in [0, 0.1) is 19.8 Å². The van der Waals surface area contributed by atoms with Crippen LogP contribution < -0.4 is 5.32 Å². The molecule has 110 valence electrons. The fourth-order valence-electron chi connectivity index (χ4n) is 2.33. The zero-order chi connectivity index (χ0) is 14.5. The van der Waals surface area contributed by atoms with Crippen molar-refractivity contribution in [1.29, 1.82) is 0 Å². The monoisotopic (exact) mass is 277 g/mol. The van der Waals surface area contributed by atoms with Crippen molar-refractivity contribution in [1.82, 2.24) is 0 Å². The number of carbonyl (C=O) groups is 1. The van der Waals surface area contributed by atoms with Crippen LogP contribution in [0.3, 0.4) is 0 Å². The Balaban J connectivity index is 1.89. The van der Waals surface area contributed by atoms with Crippen LogP contribution in [0.5, 0.6) is 0 Å². The first kappa shape index (κ1) is 15.0. The highest BCUT2D eigenvalue weighted by Gasteiger charge is 2.23. The van der Waals surface area contributed by atoms with Gasteiger partial charge in [0.25, 0.3) is 0 Å². The highest BCUT2D eigenvalue weighted by Crippen LogP contribution is 2.19. The summed E-state index contributed by atoms with van der Waals surface area (Å²) in [6, 6.07) is 6.06. The Morgan fingerprint density at radius 1 is 1.40 bits per heavy atom. The van der Waals surface area contributed by atoms with Crippen molar-refractivity contribution in [3.8, 4) is 0 Å². The van der Waals surface area contributed by atoms with Crippen molar-refractivity contribution >= 4 is 11.6 Å². The third-order valence-electron chi connectivity index (χ3n) is 3.65. The molecule has 4 heteroatoms. The molecule has 1 N–H and O–H groups in total. The maximum absolute atomic E-state index is 12.1. The second-order valence-electron chi connectivity index (χ2n) is 5.53. The highest BCUT2D eigenvalue weighted by atomic mass is 16.6. The summed E-state index contributed by atoms with van der Waals surface area (Å²) < 4.78 is 11.0. The summed E-state index contributed by atoms with van der Waals surface area (Å²) in [4.78, 5) is 12.1. The Morgan fingerprint density at radius 3 is 2.90 bits per heavy atom. The average Bonchev–Trinajstić information content (AvgIpc) is 2.43. The minimum Gasteiger partial charge on any atom is -0.376 e. The number of anilines is 1. The first-order valence-electron chi connectivity index (χ1n) is 7.12. The summed E-state index contributed by atoms with van der Waals surface area (Å²) in [6.45, 7) is 7.90. The summed E-state index contributed by atoms with van der Waals surface area (Å²) >= 11 is 0. The van der Waals surface area contributed by atoms with Gasteiger partial charge < -0.3 is 14.8 Å². The van der Waals surface area contributed by atoms with E-state index in [9.17, 15) is 4.79 Å². The van der Waals surface area contributed by atoms with Crippen molar-refractivity contribution in [2.75, 3.05) is 25.1 Å². The molecule has 1 aromatic rings. The number of nitrogens with one attached hydrogen (secondary N) is 1. The van der Waals surface area contributed by atoms with Gasteiger partial charge in [-0.05, 0) is 37.0 Å². The molecular weight excluding hydrogens is 254 g/mol. The Morgan fingerprint density at radius 2 is 2.20 bits per heavy atom. The van der Waals surface area contributed by atoms with Crippen LogP contribution in [0.1, 0.15) is 24.5 Å². The Hall–Kier alpha value is -1.39. The van der Waals surface area contributed by atoms with Crippen LogP contribution in [0.2, 0.25) is 0 Å². The Bertz CT molecular complexity index is 467. The molecule has 4 nitrogen and oxygen atoms in total. The topological polar surface area (TPSA) is 47.6 Å². The number of carbonyl (C=O) groups excluding carboxylic acids is 1. The number of amides is 1. The molecule has 0 aromatic heterocycles. The predicted octanol–water partition coefficient (Wildman–Crippen LogP) is 2.68. The lowest BCUT2D eigenvalue weighted by atomic mass is 10.00. The van der Waals surface area contributed by atoms with Gasteiger partial charge in [0.1, 0.15) is 0 Å². The van der Waals surface area contributed by atoms with Crippen molar-refractivity contribution in [3.63, 3.8) is 0 Å². The largest absolute Gasteiger partial charge is 0.376 e. The third-order valence-corrected chi connectivity index (χ3v) is 3.65. The molecule has 0 spiro atoms. The Labute approximate surface area is 120 Å². The number of rotatable bonds is 4. The molecule has 1 heterocycles. The quantitative estimate of drug-likeness (QED) is 0.920. The van der Waals surface area contributed by atoms with Crippen molar-refractivity contribution in [3.05, 3.63) is 29.3 Å². The smallest absolute Gasteiger partial charge is 0.224 e. The van der Waals surface area contributed by atoms with E-state index in [1.54, 1.807) is 0 Å². The fourth-order valence-corrected chi connectivity index (χ4v) is 2.33. The van der Waals surface area contributed by atoms with E-state index in [1.807, 2.05) is 39.0 Å². The number of aryl methyl sites for hydroxylation is 2. The summed E-state index contributed by atoms with van der Waals surface area (Å²) in [5.74, 6) is 0.181. The van der Waals surface area contributed by atoms with Crippen molar-refractivity contribution < 1.29 is 14.3 Å². The number of hydrogen-bond acceptors (Lipinski definition) is 3. The molecule has 1 saturated heterocycles. The summed E-state index contributed by atoms with van der Waals surface area (Å²) in [6.07, 6.45) is 0.467. The molecular formula is C16H23NO3. The minimum atomic E-state index is 0.0214. The lowest BCUT2D eigenvalue weighted by Crippen LogP contribution is -2.35. The van der Waals surface area contributed by atoms with Crippen LogP contribution in [0.25, 0.3) is 0 Å². The van der Waals surface area contributed by atoms with E-state index in [0.29, 0.717) is 26.2 Å². The SMILES string of the molecule is Cc1ccc(C)c(NC(=O)C[C@@H](C)[C@H]2COCCO2)c1. The highest BCUT2D eigenvalue weighted by molar-refractivity contribution is 5.91. The minimum absolute atomic E-state index is 0.0214. The molecule has 1 aliphatic rings. The molecule has 2 atom stereocenters. The van der Waals surface area contributed by atoms with Gasteiger partial charge in [-0.25, -0.2) is 0 Å². The lowest BCUT2D eigenvalue weighted by molar-refractivity contribution is -0.125. The third kappa shape index (κ3) is 4.05. The van der Waals surface area contributed by atoms with Crippen LogP contribution in [-0.4, -0.2) is 31.8 Å². The lowest BCUT2D eigenvalue weighted by Gasteiger charge is -2.27. The van der Waals surface area contributed by atoms with Crippen molar-refractivity contribution in [2.45, 2.75) is 33.3 Å². The van der Waals surface area contributed by atoms with Gasteiger partial charge in [0.05, 0.1) is 25.9 Å². The summed E-state index contributed by atoms with van der Waals surface area (Å²) in [5.41, 5.74) is 3.11. The maximum Gasteiger partial charge on any atom is 0.224 e. The zero-order valence-electron chi connectivity index (χ0n) is 12.4. The molecule has 20 heavy (non-hydrogen) atoms. The van der Waals surface area contributed by atoms with E-state index in [0.717, 1.165) is 16.8 Å². The van der Waals surface area contributed by atoms with Gasteiger partial charge in [0.15, 0.2) is 0 Å². The van der Waals surface area contributed by atoms with Gasteiger partial charge in [-0.15, -0.1) is 0 Å². The average molecular weight is 277 g/mol. The van der Waals surface area contributed by atoms with Gasteiger partial charge in [0, 0.05) is 12.1 Å². The number of hydrogen-bond donors (Lipinski definition) is 1. The van der Waals surface area contributed by atoms with Gasteiger partial charge in [-0.3, -0.25) is 4.79 Å². The molecule has 0 aliphatic carbocycles. The fraction of sp³-hybridized carbons (Fsp3) is 0.562. The van der Waals surface area contributed by atoms with E-state index < -0.39 is 0 Å². The van der Waals surface area contributed by atoms with E-state index in [4.69, 9.17) is 9.47 Å². The van der Waals surface area contributed by atoms with Crippen LogP contribution in [0.15, 0.2) is 18.2 Å². The maximum atomic E-state index is 12.1. The van der Waals surface area contributed by atoms with E-state index >= 15 is 0 Å². The molecule has 0 unspecified atom stereocenters. The van der Waals surface area contributed by atoms with Gasteiger partial charge in [0.2, 0.25) is 5.91 Å². The molecule has 0 radical (unpaired) electrons. The van der Waals surface area contributed by atoms with Crippen molar-refractivity contribution in [2.24, 2.45) is 5.92 Å². The van der Waals surface area contributed by atoms with Crippen LogP contribution in [0.4, 0.5) is 5.69 Å². The second-order valence-corrected chi connectivity index (χ2v) is 5.53. The van der Waals surface area contributed by atoms with Gasteiger partial charge in [-0.1, -0.05) is 19.1 Å². The molecule has 1 aromatic carbocycles. The molecule has 1 amide bonds. The van der Waals surface area contributed by atoms with Crippen LogP contribution in [-0.2, 0) is 14.3 Å². The summed E-state index contributed by atoms with van der Waals surface area (Å²) in [7, 11) is 0. The van der Waals surface area contributed by atoms with E-state index in [2.05, 4.69) is 5.32 Å². The second kappa shape index (κ2) is 6.86. The number of ether oxygens (including phenoxy) is 2. The normalized spacial score (nSPS) is 20.4. The molecule has 1 aliphatic heterocycles. The predicted molar refractivity (Wildman–Crippen MR) is 78.9 cm³/mol. The van der Waals surface area contributed by atoms with Gasteiger partial charge >= 0.3 is 0 Å². The van der Waals surface area contributed by atoms with E-state index in [1.165, 1.54) is 0 Å². The first-order valence-corrected chi connectivity index (χ1v) is 7.12. The molecule has 0 saturated carbocycles. The zero-order valence-corrected chi connectivity index (χ0v) is 12.4. The van der Waals surface area contributed by atoms with E-state index in [-0.39, 0.29) is 17.9 Å².